The van der Waals surface area contributed by atoms with Crippen molar-refractivity contribution in [3.63, 3.8) is 0 Å². The van der Waals surface area contributed by atoms with E-state index >= 15 is 0 Å². The van der Waals surface area contributed by atoms with E-state index in [2.05, 4.69) is 22.2 Å². The van der Waals surface area contributed by atoms with Gasteiger partial charge in [-0.05, 0) is 18.4 Å². The third kappa shape index (κ3) is 3.18. The van der Waals surface area contributed by atoms with E-state index in [1.807, 2.05) is 19.4 Å². The fourth-order valence-electron chi connectivity index (χ4n) is 2.16. The number of nitrogens with zero attached hydrogens (tertiary/aromatic N) is 3. The summed E-state index contributed by atoms with van der Waals surface area (Å²) in [6, 6.07) is 0.254. The van der Waals surface area contributed by atoms with Gasteiger partial charge in [0.1, 0.15) is 0 Å². The van der Waals surface area contributed by atoms with Gasteiger partial charge < -0.3 is 10.2 Å². The van der Waals surface area contributed by atoms with Crippen molar-refractivity contribution in [2.45, 2.75) is 38.6 Å². The van der Waals surface area contributed by atoms with Crippen LogP contribution < -0.4 is 5.32 Å². The van der Waals surface area contributed by atoms with E-state index < -0.39 is 0 Å². The molecule has 1 aliphatic rings. The zero-order valence-corrected chi connectivity index (χ0v) is 11.0. The van der Waals surface area contributed by atoms with Crippen molar-refractivity contribution < 1.29 is 4.79 Å². The molecular formula is C13H20N4O. The number of carbonyl (C=O) groups is 1. The molecule has 1 amide bonds. The maximum Gasteiger partial charge on any atom is 0.222 e. The van der Waals surface area contributed by atoms with E-state index in [4.69, 9.17) is 0 Å². The van der Waals surface area contributed by atoms with Gasteiger partial charge in [-0.1, -0.05) is 13.3 Å². The van der Waals surface area contributed by atoms with Gasteiger partial charge in [0.05, 0.1) is 0 Å². The number of hydrogen-bond donors (Lipinski definition) is 1. The van der Waals surface area contributed by atoms with Crippen LogP contribution >= 0.6 is 0 Å². The highest BCUT2D eigenvalue weighted by molar-refractivity contribution is 5.76. The molecule has 1 atom stereocenters. The van der Waals surface area contributed by atoms with Crippen LogP contribution in [0.3, 0.4) is 0 Å². The second-order valence-electron chi connectivity index (χ2n) is 4.82. The molecule has 1 aromatic heterocycles. The molecule has 0 aliphatic carbocycles. The predicted octanol–water partition coefficient (Wildman–Crippen LogP) is 1.46. The summed E-state index contributed by atoms with van der Waals surface area (Å²) >= 11 is 0. The Morgan fingerprint density at radius 2 is 2.17 bits per heavy atom. The van der Waals surface area contributed by atoms with Crippen molar-refractivity contribution >= 4 is 11.9 Å². The molecule has 0 radical (unpaired) electrons. The molecule has 2 rings (SSSR count). The van der Waals surface area contributed by atoms with Crippen molar-refractivity contribution in [1.29, 1.82) is 0 Å². The lowest BCUT2D eigenvalue weighted by Crippen LogP contribution is -2.43. The minimum Gasteiger partial charge on any atom is -0.350 e. The van der Waals surface area contributed by atoms with Crippen LogP contribution in [0.2, 0.25) is 0 Å². The number of aryl methyl sites for hydroxylation is 1. The zero-order valence-electron chi connectivity index (χ0n) is 11.0. The van der Waals surface area contributed by atoms with Gasteiger partial charge in [0, 0.05) is 38.4 Å². The van der Waals surface area contributed by atoms with Gasteiger partial charge in [-0.25, -0.2) is 9.97 Å². The van der Waals surface area contributed by atoms with E-state index in [0.29, 0.717) is 12.4 Å². The fourth-order valence-corrected chi connectivity index (χ4v) is 2.16. The Labute approximate surface area is 108 Å². The molecule has 1 unspecified atom stereocenters. The molecule has 0 bridgehead atoms. The first-order valence-electron chi connectivity index (χ1n) is 6.50. The van der Waals surface area contributed by atoms with Crippen LogP contribution in [0.1, 0.15) is 31.7 Å². The fraction of sp³-hybridized carbons (Fsp3) is 0.615. The van der Waals surface area contributed by atoms with Crippen molar-refractivity contribution in [2.75, 3.05) is 18.9 Å². The topological polar surface area (TPSA) is 58.1 Å². The number of aromatic nitrogens is 2. The minimum atomic E-state index is 0.215. The Hall–Kier alpha value is -1.65. The molecular weight excluding hydrogens is 228 g/mol. The highest BCUT2D eigenvalue weighted by Gasteiger charge is 2.22. The first kappa shape index (κ1) is 12.8. The molecule has 1 saturated heterocycles. The molecule has 0 saturated carbocycles. The summed E-state index contributed by atoms with van der Waals surface area (Å²) in [5, 5.41) is 3.29. The number of likely N-dealkylation sites (tertiary alicyclic amines) is 1. The highest BCUT2D eigenvalue weighted by atomic mass is 16.2. The van der Waals surface area contributed by atoms with Gasteiger partial charge >= 0.3 is 0 Å². The second-order valence-corrected chi connectivity index (χ2v) is 4.82. The Morgan fingerprint density at radius 3 is 2.78 bits per heavy atom. The van der Waals surface area contributed by atoms with Crippen LogP contribution in [0.15, 0.2) is 12.4 Å². The second kappa shape index (κ2) is 5.80. The Morgan fingerprint density at radius 1 is 1.44 bits per heavy atom. The van der Waals surface area contributed by atoms with Crippen LogP contribution in [0, 0.1) is 0 Å². The van der Waals surface area contributed by atoms with Gasteiger partial charge in [-0.2, -0.15) is 0 Å². The molecule has 1 fully saturated rings. The first-order chi connectivity index (χ1) is 8.69. The summed E-state index contributed by atoms with van der Waals surface area (Å²) < 4.78 is 0. The summed E-state index contributed by atoms with van der Waals surface area (Å²) in [6.07, 6.45) is 7.31. The molecule has 1 aliphatic heterocycles. The van der Waals surface area contributed by atoms with Gasteiger partial charge in [0.2, 0.25) is 11.9 Å². The molecule has 1 aromatic rings. The average Bonchev–Trinajstić information content (AvgIpc) is 2.37. The summed E-state index contributed by atoms with van der Waals surface area (Å²) in [7, 11) is 1.83. The summed E-state index contributed by atoms with van der Waals surface area (Å²) in [5.74, 6) is 0.870. The number of anilines is 1. The minimum absolute atomic E-state index is 0.215. The zero-order chi connectivity index (χ0) is 13.0. The molecule has 18 heavy (non-hydrogen) atoms. The number of piperidine rings is 1. The van der Waals surface area contributed by atoms with Crippen LogP contribution in [0.5, 0.6) is 0 Å². The Bertz CT molecular complexity index is 404. The number of nitrogens with one attached hydrogen (secondary N) is 1. The van der Waals surface area contributed by atoms with Gasteiger partial charge in [-0.15, -0.1) is 0 Å². The van der Waals surface area contributed by atoms with E-state index in [9.17, 15) is 4.79 Å². The van der Waals surface area contributed by atoms with Crippen LogP contribution in [-0.4, -0.2) is 40.4 Å². The lowest BCUT2D eigenvalue weighted by Gasteiger charge is -2.30. The number of likely N-dealkylation sites (N-methyl/N-ethyl adjacent to an activating group) is 1. The SMILES string of the molecule is CCCc1cnc(NC2CCC(=O)N(C)C2)nc1. The van der Waals surface area contributed by atoms with E-state index in [0.717, 1.165) is 25.8 Å². The molecule has 5 nitrogen and oxygen atoms in total. The summed E-state index contributed by atoms with van der Waals surface area (Å²) in [4.78, 5) is 21.8. The third-order valence-corrected chi connectivity index (χ3v) is 3.20. The third-order valence-electron chi connectivity index (χ3n) is 3.20. The van der Waals surface area contributed by atoms with E-state index in [1.165, 1.54) is 5.56 Å². The van der Waals surface area contributed by atoms with Crippen molar-refractivity contribution in [1.82, 2.24) is 14.9 Å². The average molecular weight is 248 g/mol. The quantitative estimate of drug-likeness (QED) is 0.876. The number of hydrogen-bond acceptors (Lipinski definition) is 4. The lowest BCUT2D eigenvalue weighted by molar-refractivity contribution is -0.132. The molecule has 1 N–H and O–H groups in total. The van der Waals surface area contributed by atoms with Crippen LogP contribution in [-0.2, 0) is 11.2 Å². The smallest absolute Gasteiger partial charge is 0.222 e. The highest BCUT2D eigenvalue weighted by Crippen LogP contribution is 2.13. The standard InChI is InChI=1S/C13H20N4O/c1-3-4-10-7-14-13(15-8-10)16-11-5-6-12(18)17(2)9-11/h7-8,11H,3-6,9H2,1-2H3,(H,14,15,16). The Kier molecular flexibility index (Phi) is 4.12. The van der Waals surface area contributed by atoms with Gasteiger partial charge in [-0.3, -0.25) is 4.79 Å². The Balaban J connectivity index is 1.91. The van der Waals surface area contributed by atoms with Gasteiger partial charge in [0.25, 0.3) is 0 Å². The molecule has 0 aromatic carbocycles. The molecule has 98 valence electrons. The van der Waals surface area contributed by atoms with Crippen LogP contribution in [0.25, 0.3) is 0 Å². The molecule has 2 heterocycles. The predicted molar refractivity (Wildman–Crippen MR) is 70.3 cm³/mol. The largest absolute Gasteiger partial charge is 0.350 e. The normalized spacial score (nSPS) is 20.0. The molecule has 5 heteroatoms. The van der Waals surface area contributed by atoms with Gasteiger partial charge in [0.15, 0.2) is 0 Å². The van der Waals surface area contributed by atoms with Crippen molar-refractivity contribution in [3.05, 3.63) is 18.0 Å². The first-order valence-corrected chi connectivity index (χ1v) is 6.50. The maximum absolute atomic E-state index is 11.4. The lowest BCUT2D eigenvalue weighted by atomic mass is 10.1. The van der Waals surface area contributed by atoms with E-state index in [1.54, 1.807) is 4.90 Å². The number of rotatable bonds is 4. The van der Waals surface area contributed by atoms with Crippen molar-refractivity contribution in [3.8, 4) is 0 Å². The number of amides is 1. The summed E-state index contributed by atoms with van der Waals surface area (Å²) in [6.45, 7) is 2.86. The number of carbonyl (C=O) groups excluding carboxylic acids is 1. The monoisotopic (exact) mass is 248 g/mol. The van der Waals surface area contributed by atoms with E-state index in [-0.39, 0.29) is 11.9 Å². The van der Waals surface area contributed by atoms with Crippen LogP contribution in [0.4, 0.5) is 5.95 Å². The van der Waals surface area contributed by atoms with Crippen molar-refractivity contribution in [2.24, 2.45) is 0 Å². The molecule has 0 spiro atoms. The summed E-state index contributed by atoms with van der Waals surface area (Å²) in [5.41, 5.74) is 1.17. The maximum atomic E-state index is 11.4.